The number of fused-ring (bicyclic) bond motifs is 1. The Kier molecular flexibility index (Phi) is 6.45. The predicted octanol–water partition coefficient (Wildman–Crippen LogP) is 4.52. The number of sulfonamides is 2. The second-order valence-electron chi connectivity index (χ2n) is 8.39. The molecular formula is C23H32N2O4S2. The third-order valence-electron chi connectivity index (χ3n) is 6.41. The molecule has 0 aliphatic carbocycles. The zero-order valence-corrected chi connectivity index (χ0v) is 20.8. The van der Waals surface area contributed by atoms with Crippen LogP contribution in [0.1, 0.15) is 53.1 Å². The quantitative estimate of drug-likeness (QED) is 0.681. The van der Waals surface area contributed by atoms with Crippen LogP contribution in [-0.2, 0) is 26.5 Å². The molecule has 0 saturated heterocycles. The van der Waals surface area contributed by atoms with E-state index in [-0.39, 0.29) is 5.75 Å². The lowest BCUT2D eigenvalue weighted by Crippen LogP contribution is -2.37. The van der Waals surface area contributed by atoms with E-state index in [1.165, 1.54) is 4.31 Å². The van der Waals surface area contributed by atoms with Gasteiger partial charge in [0.05, 0.1) is 22.0 Å². The molecule has 1 aliphatic heterocycles. The van der Waals surface area contributed by atoms with Crippen LogP contribution in [0.5, 0.6) is 0 Å². The molecular weight excluding hydrogens is 432 g/mol. The Balaban J connectivity index is 2.06. The average Bonchev–Trinajstić information content (AvgIpc) is 2.69. The number of benzene rings is 2. The van der Waals surface area contributed by atoms with E-state index in [9.17, 15) is 16.8 Å². The third kappa shape index (κ3) is 4.32. The van der Waals surface area contributed by atoms with Crippen molar-refractivity contribution in [1.82, 2.24) is 0 Å². The molecule has 0 spiro atoms. The maximum Gasteiger partial charge on any atom is 0.262 e. The lowest BCUT2D eigenvalue weighted by molar-refractivity contribution is 0.585. The number of aryl methyl sites for hydroxylation is 1. The molecule has 0 saturated carbocycles. The highest BCUT2D eigenvalue weighted by Crippen LogP contribution is 2.35. The van der Waals surface area contributed by atoms with Crippen LogP contribution in [0.3, 0.4) is 0 Å². The summed E-state index contributed by atoms with van der Waals surface area (Å²) in [5.41, 5.74) is 6.35. The van der Waals surface area contributed by atoms with E-state index in [2.05, 4.69) is 4.72 Å². The SMILES string of the molecule is CCCS(=O)(=O)N1CCCc2ccc(NS(=O)(=O)c3c(C)c(C)c(C)c(C)c3C)cc21. The van der Waals surface area contributed by atoms with Crippen LogP contribution >= 0.6 is 0 Å². The number of hydrogen-bond donors (Lipinski definition) is 1. The molecule has 2 aromatic carbocycles. The maximum atomic E-state index is 13.4. The Morgan fingerprint density at radius 2 is 1.48 bits per heavy atom. The van der Waals surface area contributed by atoms with Gasteiger partial charge in [-0.1, -0.05) is 13.0 Å². The Morgan fingerprint density at radius 1 is 0.903 bits per heavy atom. The molecule has 1 heterocycles. The fourth-order valence-corrected chi connectivity index (χ4v) is 7.60. The number of anilines is 2. The van der Waals surface area contributed by atoms with Gasteiger partial charge in [0.15, 0.2) is 0 Å². The van der Waals surface area contributed by atoms with Crippen LogP contribution in [0.4, 0.5) is 11.4 Å². The lowest BCUT2D eigenvalue weighted by Gasteiger charge is -2.31. The summed E-state index contributed by atoms with van der Waals surface area (Å²) in [6.45, 7) is 11.8. The first-order chi connectivity index (χ1) is 14.4. The fourth-order valence-electron chi connectivity index (χ4n) is 4.34. The van der Waals surface area contributed by atoms with E-state index >= 15 is 0 Å². The lowest BCUT2D eigenvalue weighted by atomic mass is 9.95. The molecule has 0 radical (unpaired) electrons. The smallest absolute Gasteiger partial charge is 0.262 e. The van der Waals surface area contributed by atoms with Crippen molar-refractivity contribution in [3.05, 3.63) is 51.6 Å². The third-order valence-corrected chi connectivity index (χ3v) is 10.0. The number of nitrogens with zero attached hydrogens (tertiary/aromatic N) is 1. The molecule has 170 valence electrons. The zero-order chi connectivity index (χ0) is 23.1. The molecule has 6 nitrogen and oxygen atoms in total. The second-order valence-corrected chi connectivity index (χ2v) is 12.0. The minimum atomic E-state index is -3.84. The standard InChI is InChI=1S/C23H32N2O4S2/c1-7-13-30(26,27)25-12-8-9-20-10-11-21(14-22(20)25)24-31(28,29)23-18(5)16(3)15(2)17(4)19(23)6/h10-11,14,24H,7-9,12-13H2,1-6H3. The van der Waals surface area contributed by atoms with E-state index in [0.717, 1.165) is 46.2 Å². The summed E-state index contributed by atoms with van der Waals surface area (Å²) in [4.78, 5) is 0.293. The number of nitrogens with one attached hydrogen (secondary N) is 1. The van der Waals surface area contributed by atoms with Gasteiger partial charge in [0.2, 0.25) is 10.0 Å². The van der Waals surface area contributed by atoms with Crippen molar-refractivity contribution in [2.24, 2.45) is 0 Å². The van der Waals surface area contributed by atoms with Gasteiger partial charge in [0.1, 0.15) is 0 Å². The molecule has 0 aromatic heterocycles. The van der Waals surface area contributed by atoms with Gasteiger partial charge in [-0.2, -0.15) is 0 Å². The van der Waals surface area contributed by atoms with E-state index in [1.807, 2.05) is 47.6 Å². The van der Waals surface area contributed by atoms with Crippen LogP contribution in [0.2, 0.25) is 0 Å². The minimum Gasteiger partial charge on any atom is -0.280 e. The highest BCUT2D eigenvalue weighted by Gasteiger charge is 2.28. The van der Waals surface area contributed by atoms with Crippen LogP contribution in [0.25, 0.3) is 0 Å². The summed E-state index contributed by atoms with van der Waals surface area (Å²) in [5, 5.41) is 0. The molecule has 8 heteroatoms. The van der Waals surface area contributed by atoms with E-state index in [1.54, 1.807) is 12.1 Å². The van der Waals surface area contributed by atoms with Crippen molar-refractivity contribution in [3.63, 3.8) is 0 Å². The van der Waals surface area contributed by atoms with Gasteiger partial charge in [0, 0.05) is 6.54 Å². The van der Waals surface area contributed by atoms with Gasteiger partial charge in [-0.15, -0.1) is 0 Å². The molecule has 0 fully saturated rings. The first-order valence-electron chi connectivity index (χ1n) is 10.6. The number of hydrogen-bond acceptors (Lipinski definition) is 4. The molecule has 1 aliphatic rings. The van der Waals surface area contributed by atoms with E-state index in [0.29, 0.717) is 29.2 Å². The van der Waals surface area contributed by atoms with Crippen LogP contribution in [0, 0.1) is 34.6 Å². The molecule has 3 rings (SSSR count). The van der Waals surface area contributed by atoms with Gasteiger partial charge in [-0.05, 0) is 99.4 Å². The first kappa shape index (κ1) is 23.6. The first-order valence-corrected chi connectivity index (χ1v) is 13.7. The summed E-state index contributed by atoms with van der Waals surface area (Å²) < 4.78 is 56.4. The Morgan fingerprint density at radius 3 is 2.06 bits per heavy atom. The zero-order valence-electron chi connectivity index (χ0n) is 19.2. The molecule has 0 unspecified atom stereocenters. The van der Waals surface area contributed by atoms with Gasteiger partial charge < -0.3 is 0 Å². The Hall–Kier alpha value is -2.06. The summed E-state index contributed by atoms with van der Waals surface area (Å²) in [6.07, 6.45) is 2.06. The van der Waals surface area contributed by atoms with Crippen LogP contribution in [-0.4, -0.2) is 29.1 Å². The minimum absolute atomic E-state index is 0.0721. The highest BCUT2D eigenvalue weighted by molar-refractivity contribution is 7.93. The summed E-state index contributed by atoms with van der Waals surface area (Å²) in [6, 6.07) is 5.19. The van der Waals surface area contributed by atoms with Crippen molar-refractivity contribution in [1.29, 1.82) is 0 Å². The molecule has 31 heavy (non-hydrogen) atoms. The van der Waals surface area contributed by atoms with Gasteiger partial charge in [-0.3, -0.25) is 9.03 Å². The Bertz CT molecular complexity index is 1200. The molecule has 0 atom stereocenters. The summed E-state index contributed by atoms with van der Waals surface area (Å²) in [5.74, 6) is 0.0721. The fraction of sp³-hybridized carbons (Fsp3) is 0.478. The van der Waals surface area contributed by atoms with Crippen molar-refractivity contribution in [3.8, 4) is 0 Å². The summed E-state index contributed by atoms with van der Waals surface area (Å²) >= 11 is 0. The monoisotopic (exact) mass is 464 g/mol. The van der Waals surface area contributed by atoms with Crippen molar-refractivity contribution in [2.45, 2.75) is 65.7 Å². The van der Waals surface area contributed by atoms with Crippen molar-refractivity contribution >= 4 is 31.4 Å². The van der Waals surface area contributed by atoms with E-state index in [4.69, 9.17) is 0 Å². The largest absolute Gasteiger partial charge is 0.280 e. The van der Waals surface area contributed by atoms with Crippen LogP contribution < -0.4 is 9.03 Å². The topological polar surface area (TPSA) is 83.6 Å². The second kappa shape index (κ2) is 8.47. The molecule has 0 bridgehead atoms. The van der Waals surface area contributed by atoms with Gasteiger partial charge in [0.25, 0.3) is 10.0 Å². The van der Waals surface area contributed by atoms with Crippen molar-refractivity contribution < 1.29 is 16.8 Å². The molecule has 2 aromatic rings. The Labute approximate surface area is 186 Å². The molecule has 1 N–H and O–H groups in total. The van der Waals surface area contributed by atoms with E-state index < -0.39 is 20.0 Å². The predicted molar refractivity (Wildman–Crippen MR) is 127 cm³/mol. The normalized spacial score (nSPS) is 14.5. The van der Waals surface area contributed by atoms with Gasteiger partial charge in [-0.25, -0.2) is 16.8 Å². The highest BCUT2D eigenvalue weighted by atomic mass is 32.2. The van der Waals surface area contributed by atoms with Crippen molar-refractivity contribution in [2.75, 3.05) is 21.3 Å². The maximum absolute atomic E-state index is 13.4. The summed E-state index contributed by atoms with van der Waals surface area (Å²) in [7, 11) is -7.28. The molecule has 0 amide bonds. The average molecular weight is 465 g/mol. The number of rotatable bonds is 6. The van der Waals surface area contributed by atoms with Crippen LogP contribution in [0.15, 0.2) is 23.1 Å². The van der Waals surface area contributed by atoms with Gasteiger partial charge >= 0.3 is 0 Å².